The Morgan fingerprint density at radius 1 is 1.25 bits per heavy atom. The Balaban J connectivity index is 1.56. The van der Waals surface area contributed by atoms with E-state index in [0.717, 1.165) is 24.0 Å². The van der Waals surface area contributed by atoms with Gasteiger partial charge in [0.1, 0.15) is 0 Å². The number of benzene rings is 1. The molecule has 1 atom stereocenters. The molecule has 1 aromatic carbocycles. The van der Waals surface area contributed by atoms with Crippen LogP contribution in [0.5, 0.6) is 0 Å². The van der Waals surface area contributed by atoms with Crippen molar-refractivity contribution in [2.45, 2.75) is 39.5 Å². The number of nitrogens with one attached hydrogen (secondary N) is 2. The number of amides is 2. The van der Waals surface area contributed by atoms with Gasteiger partial charge in [0.25, 0.3) is 5.91 Å². The fraction of sp³-hybridized carbons (Fsp3) is 0.368. The fourth-order valence-corrected chi connectivity index (χ4v) is 4.14. The van der Waals surface area contributed by atoms with Gasteiger partial charge in [-0.15, -0.1) is 11.3 Å². The summed E-state index contributed by atoms with van der Waals surface area (Å²) in [6, 6.07) is 9.71. The molecule has 2 N–H and O–H groups in total. The summed E-state index contributed by atoms with van der Waals surface area (Å²) in [6.07, 6.45) is 3.53. The van der Waals surface area contributed by atoms with Crippen LogP contribution in [0.25, 0.3) is 0 Å². The average molecular weight is 342 g/mol. The minimum atomic E-state index is -0.236. The van der Waals surface area contributed by atoms with E-state index in [9.17, 15) is 9.59 Å². The number of carbonyl (C=O) groups is 2. The van der Waals surface area contributed by atoms with Crippen LogP contribution in [0.4, 0.5) is 0 Å². The van der Waals surface area contributed by atoms with E-state index in [1.807, 2.05) is 37.3 Å². The molecule has 126 valence electrons. The van der Waals surface area contributed by atoms with E-state index < -0.39 is 0 Å². The number of aryl methyl sites for hydroxylation is 2. The van der Waals surface area contributed by atoms with E-state index in [1.54, 1.807) is 11.3 Å². The normalized spacial score (nSPS) is 16.3. The van der Waals surface area contributed by atoms with Crippen molar-refractivity contribution in [3.8, 4) is 0 Å². The molecule has 3 rings (SSSR count). The molecule has 1 heterocycles. The second-order valence-electron chi connectivity index (χ2n) is 6.51. The maximum absolute atomic E-state index is 12.3. The maximum atomic E-state index is 12.3. The molecule has 2 amide bonds. The summed E-state index contributed by atoms with van der Waals surface area (Å²) in [7, 11) is 0. The van der Waals surface area contributed by atoms with Crippen LogP contribution < -0.4 is 10.9 Å². The number of hydrazine groups is 1. The van der Waals surface area contributed by atoms with Crippen LogP contribution in [0.15, 0.2) is 30.3 Å². The molecule has 0 radical (unpaired) electrons. The lowest BCUT2D eigenvalue weighted by molar-refractivity contribution is -0.121. The third-order valence-electron chi connectivity index (χ3n) is 4.48. The Kier molecular flexibility index (Phi) is 5.00. The number of thiophene rings is 1. The van der Waals surface area contributed by atoms with Gasteiger partial charge in [-0.1, -0.05) is 31.2 Å². The van der Waals surface area contributed by atoms with Crippen LogP contribution >= 0.6 is 11.3 Å². The summed E-state index contributed by atoms with van der Waals surface area (Å²) in [5.41, 5.74) is 8.36. The topological polar surface area (TPSA) is 58.2 Å². The number of rotatable bonds is 3. The fourth-order valence-electron chi connectivity index (χ4n) is 3.03. The largest absolute Gasteiger partial charge is 0.279 e. The van der Waals surface area contributed by atoms with Crippen molar-refractivity contribution in [1.82, 2.24) is 10.9 Å². The molecule has 0 unspecified atom stereocenters. The first kappa shape index (κ1) is 16.7. The summed E-state index contributed by atoms with van der Waals surface area (Å²) >= 11 is 1.54. The molecule has 5 heteroatoms. The Morgan fingerprint density at radius 3 is 2.83 bits per heavy atom. The van der Waals surface area contributed by atoms with Crippen molar-refractivity contribution in [2.24, 2.45) is 5.92 Å². The third-order valence-corrected chi connectivity index (χ3v) is 5.72. The van der Waals surface area contributed by atoms with Gasteiger partial charge in [0.15, 0.2) is 0 Å². The Bertz CT molecular complexity index is 766. The van der Waals surface area contributed by atoms with Crippen molar-refractivity contribution in [1.29, 1.82) is 0 Å². The maximum Gasteiger partial charge on any atom is 0.279 e. The molecule has 0 aliphatic heterocycles. The molecular weight excluding hydrogens is 320 g/mol. The summed E-state index contributed by atoms with van der Waals surface area (Å²) < 4.78 is 0. The second-order valence-corrected chi connectivity index (χ2v) is 7.65. The van der Waals surface area contributed by atoms with Crippen molar-refractivity contribution in [3.05, 3.63) is 56.8 Å². The Labute approximate surface area is 146 Å². The molecule has 0 saturated heterocycles. The Morgan fingerprint density at radius 2 is 2.04 bits per heavy atom. The predicted octanol–water partition coefficient (Wildman–Crippen LogP) is 3.19. The van der Waals surface area contributed by atoms with Gasteiger partial charge >= 0.3 is 0 Å². The standard InChI is InChI=1S/C19H22N2O2S/c1-12-7-8-16-15(9-12)10-17(24-16)19(23)21-20-18(22)11-14-6-4-3-5-13(14)2/h3-6,10,12H,7-9,11H2,1-2H3,(H,20,22)(H,21,23)/t12-/m0/s1. The lowest BCUT2D eigenvalue weighted by Crippen LogP contribution is -2.42. The molecule has 1 aromatic heterocycles. The van der Waals surface area contributed by atoms with E-state index in [-0.39, 0.29) is 18.2 Å². The molecule has 2 aromatic rings. The summed E-state index contributed by atoms with van der Waals surface area (Å²) in [4.78, 5) is 26.2. The third kappa shape index (κ3) is 3.85. The second kappa shape index (κ2) is 7.18. The van der Waals surface area contributed by atoms with Crippen molar-refractivity contribution in [3.63, 3.8) is 0 Å². The molecule has 0 saturated carbocycles. The summed E-state index contributed by atoms with van der Waals surface area (Å²) in [6.45, 7) is 4.21. The first-order valence-corrected chi connectivity index (χ1v) is 9.10. The van der Waals surface area contributed by atoms with Gasteiger partial charge in [-0.05, 0) is 54.9 Å². The lowest BCUT2D eigenvalue weighted by Gasteiger charge is -2.16. The minimum Gasteiger partial charge on any atom is -0.273 e. The highest BCUT2D eigenvalue weighted by molar-refractivity contribution is 7.14. The molecule has 4 nitrogen and oxygen atoms in total. The molecule has 0 spiro atoms. The van der Waals surface area contributed by atoms with Crippen molar-refractivity contribution >= 4 is 23.2 Å². The van der Waals surface area contributed by atoms with Crippen molar-refractivity contribution in [2.75, 3.05) is 0 Å². The molecule has 0 fully saturated rings. The van der Waals surface area contributed by atoms with Crippen LogP contribution in [-0.4, -0.2) is 11.8 Å². The molecule has 24 heavy (non-hydrogen) atoms. The predicted molar refractivity (Wildman–Crippen MR) is 96.0 cm³/mol. The van der Waals surface area contributed by atoms with Gasteiger partial charge in [-0.3, -0.25) is 20.4 Å². The number of carbonyl (C=O) groups excluding carboxylic acids is 2. The molecular formula is C19H22N2O2S. The van der Waals surface area contributed by atoms with Gasteiger partial charge in [0, 0.05) is 4.88 Å². The lowest BCUT2D eigenvalue weighted by atomic mass is 9.90. The first-order chi connectivity index (χ1) is 11.5. The van der Waals surface area contributed by atoms with Gasteiger partial charge in [0.2, 0.25) is 5.91 Å². The molecule has 1 aliphatic rings. The van der Waals surface area contributed by atoms with Gasteiger partial charge < -0.3 is 0 Å². The SMILES string of the molecule is Cc1ccccc1CC(=O)NNC(=O)c1cc2c(s1)CC[C@H](C)C2. The van der Waals surface area contributed by atoms with Crippen molar-refractivity contribution < 1.29 is 9.59 Å². The minimum absolute atomic E-state index is 0.215. The van der Waals surface area contributed by atoms with E-state index in [2.05, 4.69) is 17.8 Å². The summed E-state index contributed by atoms with van der Waals surface area (Å²) in [5, 5.41) is 0. The van der Waals surface area contributed by atoms with Crippen LogP contribution in [0.3, 0.4) is 0 Å². The van der Waals surface area contributed by atoms with Crippen LogP contribution in [-0.2, 0) is 24.1 Å². The number of hydrogen-bond acceptors (Lipinski definition) is 3. The highest BCUT2D eigenvalue weighted by Gasteiger charge is 2.20. The monoisotopic (exact) mass is 342 g/mol. The number of fused-ring (bicyclic) bond motifs is 1. The zero-order chi connectivity index (χ0) is 17.1. The first-order valence-electron chi connectivity index (χ1n) is 8.28. The highest BCUT2D eigenvalue weighted by Crippen LogP contribution is 2.32. The van der Waals surface area contributed by atoms with Gasteiger partial charge in [-0.2, -0.15) is 0 Å². The zero-order valence-corrected chi connectivity index (χ0v) is 14.8. The zero-order valence-electron chi connectivity index (χ0n) is 14.0. The van der Waals surface area contributed by atoms with E-state index >= 15 is 0 Å². The Hall–Kier alpha value is -2.14. The quantitative estimate of drug-likeness (QED) is 0.842. The van der Waals surface area contributed by atoms with E-state index in [4.69, 9.17) is 0 Å². The average Bonchev–Trinajstić information content (AvgIpc) is 2.98. The van der Waals surface area contributed by atoms with Crippen LogP contribution in [0, 0.1) is 12.8 Å². The van der Waals surface area contributed by atoms with E-state index in [0.29, 0.717) is 10.8 Å². The molecule has 1 aliphatic carbocycles. The smallest absolute Gasteiger partial charge is 0.273 e. The van der Waals surface area contributed by atoms with Gasteiger partial charge in [-0.25, -0.2) is 0 Å². The van der Waals surface area contributed by atoms with E-state index in [1.165, 1.54) is 16.9 Å². The highest BCUT2D eigenvalue weighted by atomic mass is 32.1. The van der Waals surface area contributed by atoms with Crippen LogP contribution in [0.1, 0.15) is 44.6 Å². The van der Waals surface area contributed by atoms with Crippen LogP contribution in [0.2, 0.25) is 0 Å². The summed E-state index contributed by atoms with van der Waals surface area (Å²) in [5.74, 6) is 0.226. The van der Waals surface area contributed by atoms with Gasteiger partial charge in [0.05, 0.1) is 11.3 Å². The number of hydrogen-bond donors (Lipinski definition) is 2. The molecule has 0 bridgehead atoms.